The zero-order valence-electron chi connectivity index (χ0n) is 13.3. The van der Waals surface area contributed by atoms with Gasteiger partial charge in [0.15, 0.2) is 0 Å². The molecule has 1 aliphatic carbocycles. The van der Waals surface area contributed by atoms with Crippen molar-refractivity contribution in [3.63, 3.8) is 0 Å². The Bertz CT molecular complexity index is 775. The fourth-order valence-electron chi connectivity index (χ4n) is 3.92. The normalized spacial score (nSPS) is 24.5. The lowest BCUT2D eigenvalue weighted by Gasteiger charge is -2.22. The Morgan fingerprint density at radius 2 is 2.04 bits per heavy atom. The molecule has 1 aromatic carbocycles. The number of amides is 2. The Balaban J connectivity index is 1.57. The number of carbonyl (C=O) groups is 2. The second-order valence-corrected chi connectivity index (χ2v) is 6.38. The summed E-state index contributed by atoms with van der Waals surface area (Å²) >= 11 is 0. The van der Waals surface area contributed by atoms with Gasteiger partial charge in [-0.2, -0.15) is 0 Å². The maximum atomic E-state index is 12.4. The van der Waals surface area contributed by atoms with Gasteiger partial charge in [-0.1, -0.05) is 24.3 Å². The molecule has 24 heavy (non-hydrogen) atoms. The molecule has 2 heterocycles. The van der Waals surface area contributed by atoms with Crippen LogP contribution in [-0.4, -0.2) is 50.0 Å². The average molecular weight is 326 g/mol. The SMILES string of the molecule is CC(=O)N1C[C@H]2[C@@H](C1)c1ccccc1[C@@H]2NC(=O)Cn1cnnn1. The lowest BCUT2D eigenvalue weighted by atomic mass is 9.94. The first kappa shape index (κ1) is 14.8. The Hall–Kier alpha value is -2.77. The third-order valence-corrected chi connectivity index (χ3v) is 4.98. The fraction of sp³-hybridized carbons (Fsp3) is 0.438. The summed E-state index contributed by atoms with van der Waals surface area (Å²) in [6.07, 6.45) is 1.41. The summed E-state index contributed by atoms with van der Waals surface area (Å²) in [4.78, 5) is 26.0. The smallest absolute Gasteiger partial charge is 0.242 e. The number of likely N-dealkylation sites (tertiary alicyclic amines) is 1. The number of rotatable bonds is 3. The Kier molecular flexibility index (Phi) is 3.51. The molecule has 0 bridgehead atoms. The summed E-state index contributed by atoms with van der Waals surface area (Å²) in [5.41, 5.74) is 2.39. The van der Waals surface area contributed by atoms with E-state index < -0.39 is 0 Å². The minimum absolute atomic E-state index is 0.0828. The van der Waals surface area contributed by atoms with Crippen molar-refractivity contribution in [1.82, 2.24) is 30.4 Å². The first-order chi connectivity index (χ1) is 11.6. The van der Waals surface area contributed by atoms with Gasteiger partial charge in [0, 0.05) is 31.8 Å². The highest BCUT2D eigenvalue weighted by Gasteiger charge is 2.47. The van der Waals surface area contributed by atoms with Gasteiger partial charge in [0.1, 0.15) is 12.9 Å². The molecule has 8 heteroatoms. The van der Waals surface area contributed by atoms with E-state index in [1.54, 1.807) is 6.92 Å². The number of carbonyl (C=O) groups excluding carboxylic acids is 2. The van der Waals surface area contributed by atoms with Crippen molar-refractivity contribution in [2.45, 2.75) is 25.4 Å². The molecule has 1 aliphatic heterocycles. The molecule has 1 fully saturated rings. The van der Waals surface area contributed by atoms with Crippen molar-refractivity contribution in [3.05, 3.63) is 41.7 Å². The molecule has 0 spiro atoms. The second kappa shape index (κ2) is 5.70. The average Bonchev–Trinajstić information content (AvgIpc) is 3.26. The minimum Gasteiger partial charge on any atom is -0.347 e. The third-order valence-electron chi connectivity index (χ3n) is 4.98. The number of hydrogen-bond donors (Lipinski definition) is 1. The van der Waals surface area contributed by atoms with Crippen molar-refractivity contribution < 1.29 is 9.59 Å². The van der Waals surface area contributed by atoms with Crippen LogP contribution in [0.25, 0.3) is 0 Å². The quantitative estimate of drug-likeness (QED) is 0.864. The molecule has 2 aromatic rings. The Morgan fingerprint density at radius 1 is 1.25 bits per heavy atom. The molecule has 0 unspecified atom stereocenters. The van der Waals surface area contributed by atoms with Gasteiger partial charge < -0.3 is 10.2 Å². The van der Waals surface area contributed by atoms with E-state index in [-0.39, 0.29) is 36.2 Å². The van der Waals surface area contributed by atoms with Crippen LogP contribution in [0.15, 0.2) is 30.6 Å². The van der Waals surface area contributed by atoms with E-state index in [4.69, 9.17) is 0 Å². The van der Waals surface area contributed by atoms with Crippen LogP contribution < -0.4 is 5.32 Å². The number of tetrazole rings is 1. The summed E-state index contributed by atoms with van der Waals surface area (Å²) in [7, 11) is 0. The molecule has 3 atom stereocenters. The number of aromatic nitrogens is 4. The molecular weight excluding hydrogens is 308 g/mol. The van der Waals surface area contributed by atoms with Crippen LogP contribution in [-0.2, 0) is 16.1 Å². The summed E-state index contributed by atoms with van der Waals surface area (Å²) in [6.45, 7) is 3.07. The van der Waals surface area contributed by atoms with Gasteiger partial charge in [-0.05, 0) is 21.6 Å². The molecule has 0 saturated carbocycles. The van der Waals surface area contributed by atoms with Crippen molar-refractivity contribution >= 4 is 11.8 Å². The Labute approximate surface area is 138 Å². The molecule has 124 valence electrons. The third kappa shape index (κ3) is 2.44. The molecule has 4 rings (SSSR count). The lowest BCUT2D eigenvalue weighted by molar-refractivity contribution is -0.128. The van der Waals surface area contributed by atoms with Gasteiger partial charge in [0.2, 0.25) is 11.8 Å². The van der Waals surface area contributed by atoms with Gasteiger partial charge in [-0.15, -0.1) is 5.10 Å². The van der Waals surface area contributed by atoms with Crippen molar-refractivity contribution in [2.75, 3.05) is 13.1 Å². The van der Waals surface area contributed by atoms with Crippen molar-refractivity contribution in [2.24, 2.45) is 5.92 Å². The van der Waals surface area contributed by atoms with E-state index >= 15 is 0 Å². The fourth-order valence-corrected chi connectivity index (χ4v) is 3.92. The van der Waals surface area contributed by atoms with Crippen LogP contribution in [0.5, 0.6) is 0 Å². The monoisotopic (exact) mass is 326 g/mol. The lowest BCUT2D eigenvalue weighted by Crippen LogP contribution is -2.36. The van der Waals surface area contributed by atoms with Crippen LogP contribution in [0.1, 0.15) is 30.0 Å². The predicted octanol–water partition coefficient (Wildman–Crippen LogP) is 0.106. The van der Waals surface area contributed by atoms with Gasteiger partial charge >= 0.3 is 0 Å². The maximum absolute atomic E-state index is 12.4. The van der Waals surface area contributed by atoms with Gasteiger partial charge in [-0.3, -0.25) is 9.59 Å². The molecule has 8 nitrogen and oxygen atoms in total. The maximum Gasteiger partial charge on any atom is 0.242 e. The largest absolute Gasteiger partial charge is 0.347 e. The van der Waals surface area contributed by atoms with Gasteiger partial charge in [-0.25, -0.2) is 4.68 Å². The summed E-state index contributed by atoms with van der Waals surface area (Å²) in [5, 5.41) is 13.9. The molecule has 1 saturated heterocycles. The highest BCUT2D eigenvalue weighted by Crippen LogP contribution is 2.49. The van der Waals surface area contributed by atoms with Crippen molar-refractivity contribution in [3.8, 4) is 0 Å². The first-order valence-corrected chi connectivity index (χ1v) is 7.98. The minimum atomic E-state index is -0.135. The standard InChI is InChI=1S/C16H18N6O2/c1-10(23)21-6-13-11-4-2-3-5-12(11)16(14(13)7-21)18-15(24)8-22-9-17-19-20-22/h2-5,9,13-14,16H,6-8H2,1H3,(H,18,24)/t13-,14-,16-/m0/s1. The Morgan fingerprint density at radius 3 is 2.75 bits per heavy atom. The molecule has 2 aliphatic rings. The highest BCUT2D eigenvalue weighted by molar-refractivity contribution is 5.77. The van der Waals surface area contributed by atoms with Crippen LogP contribution in [0, 0.1) is 5.92 Å². The summed E-state index contributed by atoms with van der Waals surface area (Å²) < 4.78 is 1.39. The predicted molar refractivity (Wildman–Crippen MR) is 83.6 cm³/mol. The van der Waals surface area contributed by atoms with E-state index in [9.17, 15) is 9.59 Å². The number of benzene rings is 1. The highest BCUT2D eigenvalue weighted by atomic mass is 16.2. The molecule has 2 amide bonds. The van der Waals surface area contributed by atoms with E-state index in [1.807, 2.05) is 17.0 Å². The number of hydrogen-bond acceptors (Lipinski definition) is 5. The summed E-state index contributed by atoms with van der Waals surface area (Å²) in [6, 6.07) is 8.08. The van der Waals surface area contributed by atoms with E-state index in [0.29, 0.717) is 6.54 Å². The first-order valence-electron chi connectivity index (χ1n) is 7.98. The summed E-state index contributed by atoms with van der Waals surface area (Å²) in [5.74, 6) is 0.442. The van der Waals surface area contributed by atoms with Gasteiger partial charge in [0.25, 0.3) is 0 Å². The molecule has 1 N–H and O–H groups in total. The second-order valence-electron chi connectivity index (χ2n) is 6.38. The van der Waals surface area contributed by atoms with E-state index in [1.165, 1.54) is 16.6 Å². The van der Waals surface area contributed by atoms with Crippen LogP contribution in [0.4, 0.5) is 0 Å². The molecule has 0 radical (unpaired) electrons. The van der Waals surface area contributed by atoms with E-state index in [2.05, 4.69) is 33.0 Å². The van der Waals surface area contributed by atoms with Gasteiger partial charge in [0.05, 0.1) is 6.04 Å². The molecular formula is C16H18N6O2. The van der Waals surface area contributed by atoms with E-state index in [0.717, 1.165) is 12.1 Å². The van der Waals surface area contributed by atoms with Crippen LogP contribution in [0.3, 0.4) is 0 Å². The van der Waals surface area contributed by atoms with Crippen LogP contribution >= 0.6 is 0 Å². The number of fused-ring (bicyclic) bond motifs is 3. The zero-order chi connectivity index (χ0) is 16.7. The molecule has 1 aromatic heterocycles. The van der Waals surface area contributed by atoms with Crippen molar-refractivity contribution in [1.29, 1.82) is 0 Å². The number of nitrogens with zero attached hydrogens (tertiary/aromatic N) is 5. The van der Waals surface area contributed by atoms with Crippen LogP contribution in [0.2, 0.25) is 0 Å². The topological polar surface area (TPSA) is 93.0 Å². The number of nitrogens with one attached hydrogen (secondary N) is 1. The zero-order valence-corrected chi connectivity index (χ0v) is 13.3.